The first-order valence-corrected chi connectivity index (χ1v) is 56.5. The van der Waals surface area contributed by atoms with Gasteiger partial charge in [-0.2, -0.15) is 11.8 Å². The third-order valence-corrected chi connectivity index (χ3v) is 27.7. The maximum atomic E-state index is 11.5. The van der Waals surface area contributed by atoms with Gasteiger partial charge in [0, 0.05) is 81.3 Å². The molecule has 774 valence electrons. The van der Waals surface area contributed by atoms with Crippen molar-refractivity contribution >= 4 is 98.8 Å². The lowest BCUT2D eigenvalue weighted by Crippen LogP contribution is -2.48. The number of likely N-dealkylation sites (tertiary alicyclic amines) is 1. The summed E-state index contributed by atoms with van der Waals surface area (Å²) < 4.78 is 20.6. The van der Waals surface area contributed by atoms with Crippen LogP contribution in [0.5, 0.6) is 11.5 Å². The van der Waals surface area contributed by atoms with E-state index in [1.165, 1.54) is 141 Å². The molecule has 11 rings (SSSR count). The van der Waals surface area contributed by atoms with E-state index in [4.69, 9.17) is 18.9 Å². The predicted octanol–water partition coefficient (Wildman–Crippen LogP) is 24.1. The number of thiophene rings is 1. The molecule has 3 fully saturated rings. The van der Waals surface area contributed by atoms with E-state index in [0.717, 1.165) is 118 Å². The number of nitrogens with zero attached hydrogens (tertiary/aromatic N) is 3. The Kier molecular flexibility index (Phi) is 71.9. The summed E-state index contributed by atoms with van der Waals surface area (Å²) >= 11 is 8.14. The van der Waals surface area contributed by atoms with Crippen molar-refractivity contribution in [3.05, 3.63) is 193 Å². The highest BCUT2D eigenvalue weighted by molar-refractivity contribution is 8.01. The fraction of sp³-hybridized carbons (Fsp3) is 0.632. The van der Waals surface area contributed by atoms with Crippen LogP contribution < -0.4 is 46.7 Å². The monoisotopic (exact) mass is 1990 g/mol. The molecule has 23 heteroatoms. The molecule has 137 heavy (non-hydrogen) atoms. The lowest BCUT2D eigenvalue weighted by atomic mass is 10.0. The minimum absolute atomic E-state index is 0.0688. The number of piperidine rings is 1. The number of rotatable bonds is 43. The van der Waals surface area contributed by atoms with Gasteiger partial charge in [-0.15, -0.1) is 46.6 Å². The van der Waals surface area contributed by atoms with E-state index in [1.54, 1.807) is 83.6 Å². The van der Waals surface area contributed by atoms with Gasteiger partial charge in [0.2, 0.25) is 11.8 Å². The maximum absolute atomic E-state index is 11.5. The highest BCUT2D eigenvalue weighted by atomic mass is 32.2. The maximum Gasteiger partial charge on any atom is 0.315 e. The van der Waals surface area contributed by atoms with Gasteiger partial charge in [-0.3, -0.25) is 24.1 Å². The van der Waals surface area contributed by atoms with Crippen molar-refractivity contribution in [3.8, 4) is 11.5 Å². The molecule has 0 spiro atoms. The van der Waals surface area contributed by atoms with Gasteiger partial charge in [0.15, 0.2) is 17.3 Å². The van der Waals surface area contributed by atoms with Crippen LogP contribution in [0.25, 0.3) is 11.1 Å². The number of methoxy groups -OCH3 is 2. The van der Waals surface area contributed by atoms with Gasteiger partial charge in [0.1, 0.15) is 0 Å². The molecule has 1 unspecified atom stereocenters. The molecule has 6 aromatic rings. The van der Waals surface area contributed by atoms with Crippen molar-refractivity contribution < 1.29 is 38.1 Å². The first kappa shape index (κ1) is 127. The number of carbonyl (C=O) groups is 4. The van der Waals surface area contributed by atoms with Crippen molar-refractivity contribution in [1.82, 2.24) is 46.6 Å². The number of amides is 2. The van der Waals surface area contributed by atoms with Crippen LogP contribution in [-0.2, 0) is 49.5 Å². The summed E-state index contributed by atoms with van der Waals surface area (Å²) in [5.41, 5.74) is 18.3. The lowest BCUT2D eigenvalue weighted by Gasteiger charge is -2.36. The molecule has 0 bridgehead atoms. The van der Waals surface area contributed by atoms with E-state index >= 15 is 0 Å². The number of benzene rings is 5. The fourth-order valence-corrected chi connectivity index (χ4v) is 18.2. The largest absolute Gasteiger partial charge is 0.493 e. The Morgan fingerprint density at radius 3 is 1.49 bits per heavy atom. The molecule has 2 amide bonds. The number of Topliss-reactive ketones (excluding diaryl/α,β-unsaturated/α-hetero) is 1. The molecule has 5 aromatic carbocycles. The van der Waals surface area contributed by atoms with Gasteiger partial charge in [-0.1, -0.05) is 252 Å². The molecule has 3 aliphatic heterocycles. The van der Waals surface area contributed by atoms with Crippen LogP contribution in [0.1, 0.15) is 278 Å². The highest BCUT2D eigenvalue weighted by Gasteiger charge is 2.23. The molecule has 3 saturated heterocycles. The Bertz CT molecular complexity index is 4180. The minimum Gasteiger partial charge on any atom is -0.493 e. The van der Waals surface area contributed by atoms with Crippen molar-refractivity contribution in [3.63, 3.8) is 0 Å². The molecule has 5 aliphatic rings. The number of piperazine rings is 1. The topological polar surface area (TPSA) is 199 Å². The predicted molar refractivity (Wildman–Crippen MR) is 604 cm³/mol. The molecule has 4 heterocycles. The van der Waals surface area contributed by atoms with Crippen molar-refractivity contribution in [1.29, 1.82) is 0 Å². The van der Waals surface area contributed by atoms with E-state index in [2.05, 4.69) is 297 Å². The summed E-state index contributed by atoms with van der Waals surface area (Å²) in [6.07, 6.45) is 16.1. The number of anilines is 1. The second kappa shape index (κ2) is 77.6. The Morgan fingerprint density at radius 2 is 0.971 bits per heavy atom. The van der Waals surface area contributed by atoms with Gasteiger partial charge in [0.25, 0.3) is 0 Å². The molecule has 7 N–H and O–H groups in total. The van der Waals surface area contributed by atoms with Crippen molar-refractivity contribution in [2.45, 2.75) is 327 Å². The number of esters is 1. The molecule has 0 radical (unpaired) electrons. The average molecular weight is 1990 g/mol. The van der Waals surface area contributed by atoms with E-state index < -0.39 is 0 Å². The van der Waals surface area contributed by atoms with Gasteiger partial charge >= 0.3 is 5.97 Å². The molecule has 0 saturated carbocycles. The Hall–Kier alpha value is -6.00. The SMILES string of the molecule is CC(C)NCCCN1CCCCC1.CC(C)NCCc1ccccc1.CC(C)SCC(=O)NCC1CCCO1.CC(C)SCC(=O)c1cccs1.CC1=C(CCNC(C)C)c2cc(C)ccc2C1.CC1=C(CCNC(C)C)c2ccccc2C1.CCCN1CCN(C(C)C)CC1.CCOC(=O)CSC(C)C.COc1ccc(CCNC(C)C)cc1OC.Cc1cccc(NC(=O)CSC(C)C)c1. The summed E-state index contributed by atoms with van der Waals surface area (Å²) in [7, 11) is 3.31. The molecule has 18 nitrogen and oxygen atoms in total. The van der Waals surface area contributed by atoms with Crippen LogP contribution in [0.4, 0.5) is 5.69 Å². The van der Waals surface area contributed by atoms with Crippen LogP contribution in [0.2, 0.25) is 0 Å². The van der Waals surface area contributed by atoms with Crippen molar-refractivity contribution in [2.75, 3.05) is 147 Å². The Morgan fingerprint density at radius 1 is 0.460 bits per heavy atom. The van der Waals surface area contributed by atoms with E-state index in [9.17, 15) is 19.2 Å². The summed E-state index contributed by atoms with van der Waals surface area (Å²) in [5, 5.41) is 27.0. The third kappa shape index (κ3) is 63.6. The van der Waals surface area contributed by atoms with Crippen LogP contribution in [0.15, 0.2) is 144 Å². The minimum atomic E-state index is -0.110. The van der Waals surface area contributed by atoms with Crippen LogP contribution in [-0.4, -0.2) is 244 Å². The Balaban J connectivity index is 0.000000517. The normalized spacial score (nSPS) is 14.5. The fourth-order valence-electron chi connectivity index (χ4n) is 15.1. The number of ether oxygens (including phenoxy) is 4. The third-order valence-electron chi connectivity index (χ3n) is 22.4. The molecule has 2 aliphatic carbocycles. The number of nitrogens with one attached hydrogen (secondary N) is 7. The number of hydrogen-bond acceptors (Lipinski definition) is 21. The van der Waals surface area contributed by atoms with E-state index in [0.29, 0.717) is 87.4 Å². The number of fused-ring (bicyclic) bond motifs is 2. The van der Waals surface area contributed by atoms with Gasteiger partial charge in [-0.25, -0.2) is 0 Å². The van der Waals surface area contributed by atoms with Crippen LogP contribution in [0.3, 0.4) is 0 Å². The molecule has 1 aromatic heterocycles. The zero-order valence-electron chi connectivity index (χ0n) is 90.5. The van der Waals surface area contributed by atoms with E-state index in [-0.39, 0.29) is 29.7 Å². The average Bonchev–Trinajstić information content (AvgIpc) is 1.72. The van der Waals surface area contributed by atoms with Gasteiger partial charge < -0.3 is 66.0 Å². The quantitative estimate of drug-likeness (QED) is 0.0108. The molecular formula is C114H190N10O8S5. The first-order valence-electron chi connectivity index (χ1n) is 51.5. The van der Waals surface area contributed by atoms with Gasteiger partial charge in [0.05, 0.1) is 54.8 Å². The summed E-state index contributed by atoms with van der Waals surface area (Å²) in [6.45, 7) is 73.6. The number of carbonyl (C=O) groups excluding carboxylic acids is 4. The number of aryl methyl sites for hydroxylation is 2. The Labute approximate surface area is 856 Å². The summed E-state index contributed by atoms with van der Waals surface area (Å²) in [6, 6.07) is 47.6. The number of thioether (sulfide) groups is 4. The van der Waals surface area contributed by atoms with Gasteiger partial charge in [-0.05, 0) is 291 Å². The van der Waals surface area contributed by atoms with E-state index in [1.807, 2.05) is 67.8 Å². The second-order valence-corrected chi connectivity index (χ2v) is 45.8. The number of allylic oxidation sites excluding steroid dienone is 2. The second-order valence-electron chi connectivity index (χ2n) is 38.6. The lowest BCUT2D eigenvalue weighted by molar-refractivity contribution is -0.139. The van der Waals surface area contributed by atoms with Crippen molar-refractivity contribution in [2.24, 2.45) is 0 Å². The van der Waals surface area contributed by atoms with Crippen LogP contribution in [0, 0.1) is 13.8 Å². The summed E-state index contributed by atoms with van der Waals surface area (Å²) in [4.78, 5) is 53.5. The first-order chi connectivity index (χ1) is 65.4. The number of hydrogen-bond donors (Lipinski definition) is 7. The van der Waals surface area contributed by atoms with Crippen LogP contribution >= 0.6 is 58.4 Å². The zero-order valence-corrected chi connectivity index (χ0v) is 94.6. The smallest absolute Gasteiger partial charge is 0.315 e. The molecular weight excluding hydrogens is 1800 g/mol. The zero-order chi connectivity index (χ0) is 102. The summed E-state index contributed by atoms with van der Waals surface area (Å²) in [5.74, 6) is 4.08. The standard InChI is InChI=1S/C16H23N.C15H21N.C13H21NO2.C12H17NOS.C11H24N2.C11H17N.C10H22N2.C10H19NO2S.C9H12OS2.C7H14O2S/c1-11(2)17-8-7-15-13(4)10-14-6-5-12(3)9-16(14)15;1-11(2)16-9-8-14-12(3)10-13-6-4-5-7-15(13)14;1-10(2)14-8-7-11-5-6-12(15-3)13(9-11)16-4;1-9(2)15-8-12(14)13-11-6-4-5-10(3)7-11;1-11(2)12-7-6-10-13-8-4-3-5-9-13;1-10(2)12-9-8-11-6-4-3-5-7-11;1-4-5-11-6-8-12(9-7-11)10(2)3;1-8(2)14-7-10(12)11-6-9-4-3-5-13-9;1-7(2)12-6-8(10)9-4-3-5-11-9;1-4-9-7(8)5-10-6(2)3/h5-6,9,11,17H,7-8,10H2,1-4H3;4-7,11,16H,8-10H2,1-3H3;5-6,9-10,14H,7-8H2,1-4H3;4-7,9H,8H2,1-3H3,(H,13,14);11-12H,3-10H2,1-2H3;3-7,10,12H,8-9H2,1-2H3;10H,4-9H2,1-3H3;8-9H,3-7H2,1-2H3,(H,11,12);3-5,7H,6H2,1-2H3;6H,4-5H2,1-3H3. The number of ketones is 1. The molecule has 1 atom stereocenters. The highest BCUT2D eigenvalue weighted by Crippen LogP contribution is 2.37.